The van der Waals surface area contributed by atoms with E-state index in [0.717, 1.165) is 22.4 Å². The van der Waals surface area contributed by atoms with Crippen LogP contribution in [0.25, 0.3) is 10.6 Å². The molecule has 10 heteroatoms. The van der Waals surface area contributed by atoms with Crippen LogP contribution in [0.15, 0.2) is 34.2 Å². The minimum atomic E-state index is -4.43. The van der Waals surface area contributed by atoms with Crippen LogP contribution in [0.3, 0.4) is 0 Å². The van der Waals surface area contributed by atoms with Gasteiger partial charge in [-0.3, -0.25) is 9.69 Å². The Morgan fingerprint density at radius 1 is 1.31 bits per heavy atom. The highest BCUT2D eigenvalue weighted by atomic mass is 32.1. The molecule has 2 unspecified atom stereocenters. The molecular weight excluding hydrogens is 405 g/mol. The maximum Gasteiger partial charge on any atom is 0.410 e. The van der Waals surface area contributed by atoms with Crippen LogP contribution in [-0.4, -0.2) is 33.1 Å². The average Bonchev–Trinajstić information content (AvgIpc) is 3.07. The van der Waals surface area contributed by atoms with Crippen molar-refractivity contribution in [2.45, 2.75) is 44.4 Å². The molecular formula is C19H17F3N4O2S. The van der Waals surface area contributed by atoms with Gasteiger partial charge >= 0.3 is 6.18 Å². The second-order valence-corrected chi connectivity index (χ2v) is 8.46. The first kappa shape index (κ1) is 18.4. The molecule has 5 rings (SSSR count). The van der Waals surface area contributed by atoms with Gasteiger partial charge in [0.15, 0.2) is 17.5 Å². The van der Waals surface area contributed by atoms with E-state index in [2.05, 4.69) is 10.3 Å². The summed E-state index contributed by atoms with van der Waals surface area (Å²) < 4.78 is 47.4. The highest BCUT2D eigenvalue weighted by Gasteiger charge is 2.53. The predicted octanol–water partition coefficient (Wildman–Crippen LogP) is 4.84. The Bertz CT molecular complexity index is 1050. The van der Waals surface area contributed by atoms with Crippen molar-refractivity contribution in [3.05, 3.63) is 41.0 Å². The minimum absolute atomic E-state index is 0.0522. The van der Waals surface area contributed by atoms with Gasteiger partial charge in [-0.15, -0.1) is 11.3 Å². The van der Waals surface area contributed by atoms with Crippen LogP contribution in [0.2, 0.25) is 0 Å². The molecule has 0 spiro atoms. The van der Waals surface area contributed by atoms with Crippen LogP contribution in [0, 0.1) is 12.8 Å². The molecule has 6 nitrogen and oxygen atoms in total. The zero-order valence-corrected chi connectivity index (χ0v) is 16.2. The van der Waals surface area contributed by atoms with E-state index >= 15 is 0 Å². The topological polar surface area (TPSA) is 64.2 Å². The molecule has 0 N–H and O–H groups in total. The summed E-state index contributed by atoms with van der Waals surface area (Å²) in [5, 5.41) is 9.82. The summed E-state index contributed by atoms with van der Waals surface area (Å²) >= 11 is 1.45. The van der Waals surface area contributed by atoms with E-state index in [1.165, 1.54) is 22.3 Å². The smallest absolute Gasteiger partial charge is 0.355 e. The molecule has 29 heavy (non-hydrogen) atoms. The normalized spacial score (nSPS) is 22.0. The lowest BCUT2D eigenvalue weighted by Crippen LogP contribution is -2.50. The van der Waals surface area contributed by atoms with Gasteiger partial charge in [0.05, 0.1) is 10.6 Å². The highest BCUT2D eigenvalue weighted by Crippen LogP contribution is 2.48. The number of aryl methyl sites for hydroxylation is 1. The van der Waals surface area contributed by atoms with Crippen LogP contribution >= 0.6 is 11.3 Å². The first-order valence-corrected chi connectivity index (χ1v) is 10.2. The van der Waals surface area contributed by atoms with E-state index in [-0.39, 0.29) is 23.9 Å². The number of aromatic nitrogens is 3. The van der Waals surface area contributed by atoms with Crippen molar-refractivity contribution in [2.24, 2.45) is 5.92 Å². The molecule has 2 atom stereocenters. The molecule has 3 aromatic rings. The third-order valence-corrected chi connectivity index (χ3v) is 6.32. The highest BCUT2D eigenvalue weighted by molar-refractivity contribution is 7.13. The van der Waals surface area contributed by atoms with E-state index in [1.54, 1.807) is 13.0 Å². The number of hydrogen-bond donors (Lipinski definition) is 0. The Kier molecular flexibility index (Phi) is 4.09. The molecule has 0 bridgehead atoms. The van der Waals surface area contributed by atoms with E-state index in [0.29, 0.717) is 11.5 Å². The van der Waals surface area contributed by atoms with Crippen molar-refractivity contribution in [2.75, 3.05) is 4.90 Å². The standard InChI is InChI=1S/C19H17F3N4O2S/c1-10-7-17-25(18(27)12-8-14(28-24-12)15-3-2-6-29-15)13(11-4-5-11)9-16(19(20,21)22)26(17)23-10/h2-3,6-8,11,13,16H,4-5,9H2,1H3. The second kappa shape index (κ2) is 6.45. The molecule has 0 radical (unpaired) electrons. The molecule has 152 valence electrons. The van der Waals surface area contributed by atoms with Crippen LogP contribution in [0.1, 0.15) is 41.5 Å². The summed E-state index contributed by atoms with van der Waals surface area (Å²) in [7, 11) is 0. The second-order valence-electron chi connectivity index (χ2n) is 7.52. The van der Waals surface area contributed by atoms with Crippen molar-refractivity contribution >= 4 is 23.1 Å². The molecule has 1 amide bonds. The third kappa shape index (κ3) is 3.15. The number of hydrogen-bond acceptors (Lipinski definition) is 5. The average molecular weight is 422 g/mol. The molecule has 2 aliphatic rings. The van der Waals surface area contributed by atoms with Gasteiger partial charge < -0.3 is 4.52 Å². The summed E-state index contributed by atoms with van der Waals surface area (Å²) in [6.07, 6.45) is -3.02. The SMILES string of the molecule is Cc1cc2n(n1)C(C(F)(F)F)CC(C1CC1)N2C(=O)c1cc(-c2cccs2)on1. The van der Waals surface area contributed by atoms with E-state index in [1.807, 2.05) is 17.5 Å². The number of anilines is 1. The van der Waals surface area contributed by atoms with Gasteiger partial charge in [-0.2, -0.15) is 18.3 Å². The number of nitrogens with zero attached hydrogens (tertiary/aromatic N) is 4. The lowest BCUT2D eigenvalue weighted by molar-refractivity contribution is -0.174. The van der Waals surface area contributed by atoms with Crippen molar-refractivity contribution in [3.63, 3.8) is 0 Å². The van der Waals surface area contributed by atoms with Crippen LogP contribution in [-0.2, 0) is 0 Å². The zero-order chi connectivity index (χ0) is 20.3. The van der Waals surface area contributed by atoms with Gasteiger partial charge in [0, 0.05) is 18.2 Å². The van der Waals surface area contributed by atoms with Gasteiger partial charge in [0.1, 0.15) is 5.82 Å². The Morgan fingerprint density at radius 2 is 2.10 bits per heavy atom. The maximum absolute atomic E-state index is 13.7. The monoisotopic (exact) mass is 422 g/mol. The molecule has 0 aromatic carbocycles. The van der Waals surface area contributed by atoms with Crippen molar-refractivity contribution in [1.29, 1.82) is 0 Å². The Balaban J connectivity index is 1.56. The summed E-state index contributed by atoms with van der Waals surface area (Å²) in [5.74, 6) is 0.214. The number of carbonyl (C=O) groups excluding carboxylic acids is 1. The number of carbonyl (C=O) groups is 1. The van der Waals surface area contributed by atoms with Gasteiger partial charge in [-0.25, -0.2) is 4.68 Å². The Labute approximate surface area is 167 Å². The number of thiophene rings is 1. The fourth-order valence-corrected chi connectivity index (χ4v) is 4.63. The van der Waals surface area contributed by atoms with Crippen molar-refractivity contribution in [1.82, 2.24) is 14.9 Å². The van der Waals surface area contributed by atoms with Gasteiger partial charge in [-0.1, -0.05) is 11.2 Å². The first-order chi connectivity index (χ1) is 13.8. The van der Waals surface area contributed by atoms with Crippen LogP contribution < -0.4 is 4.90 Å². The van der Waals surface area contributed by atoms with Crippen molar-refractivity contribution < 1.29 is 22.5 Å². The number of fused-ring (bicyclic) bond motifs is 1. The van der Waals surface area contributed by atoms with Gasteiger partial charge in [-0.05, 0) is 43.6 Å². The van der Waals surface area contributed by atoms with E-state index < -0.39 is 24.2 Å². The molecule has 4 heterocycles. The summed E-state index contributed by atoms with van der Waals surface area (Å²) in [5.41, 5.74) is 0.512. The quantitative estimate of drug-likeness (QED) is 0.606. The van der Waals surface area contributed by atoms with E-state index in [9.17, 15) is 18.0 Å². The fraction of sp³-hybridized carbons (Fsp3) is 0.421. The number of rotatable bonds is 3. The summed E-state index contributed by atoms with van der Waals surface area (Å²) in [6, 6.07) is 4.50. The number of alkyl halides is 3. The maximum atomic E-state index is 13.7. The number of halogens is 3. The minimum Gasteiger partial charge on any atom is -0.355 e. The molecule has 1 aliphatic carbocycles. The summed E-state index contributed by atoms with van der Waals surface area (Å²) in [6.45, 7) is 1.62. The molecule has 1 fully saturated rings. The lowest BCUT2D eigenvalue weighted by Gasteiger charge is -2.40. The predicted molar refractivity (Wildman–Crippen MR) is 99.8 cm³/mol. The van der Waals surface area contributed by atoms with Crippen molar-refractivity contribution in [3.8, 4) is 10.6 Å². The molecule has 1 aliphatic heterocycles. The zero-order valence-electron chi connectivity index (χ0n) is 15.4. The van der Waals surface area contributed by atoms with Crippen LogP contribution in [0.4, 0.5) is 19.0 Å². The van der Waals surface area contributed by atoms with Gasteiger partial charge in [0.2, 0.25) is 0 Å². The Morgan fingerprint density at radius 3 is 2.76 bits per heavy atom. The largest absolute Gasteiger partial charge is 0.410 e. The van der Waals surface area contributed by atoms with Gasteiger partial charge in [0.25, 0.3) is 5.91 Å². The lowest BCUT2D eigenvalue weighted by atomic mass is 9.97. The molecule has 1 saturated carbocycles. The van der Waals surface area contributed by atoms with E-state index in [4.69, 9.17) is 4.52 Å². The summed E-state index contributed by atoms with van der Waals surface area (Å²) in [4.78, 5) is 15.6. The van der Waals surface area contributed by atoms with Crippen LogP contribution in [0.5, 0.6) is 0 Å². The Hall–Kier alpha value is -2.62. The molecule has 3 aromatic heterocycles. The first-order valence-electron chi connectivity index (χ1n) is 9.30. The molecule has 0 saturated heterocycles. The number of amides is 1. The fourth-order valence-electron chi connectivity index (χ4n) is 3.96. The third-order valence-electron chi connectivity index (χ3n) is 5.43.